The third kappa shape index (κ3) is 3.11. The lowest BCUT2D eigenvalue weighted by Gasteiger charge is -2.20. The van der Waals surface area contributed by atoms with Crippen LogP contribution in [0.2, 0.25) is 0 Å². The van der Waals surface area contributed by atoms with Crippen LogP contribution in [-0.2, 0) is 15.8 Å². The van der Waals surface area contributed by atoms with Crippen LogP contribution in [0.15, 0.2) is 24.3 Å². The molecule has 0 unspecified atom stereocenters. The molecule has 0 aromatic heterocycles. The summed E-state index contributed by atoms with van der Waals surface area (Å²) in [4.78, 5) is 0. The molecule has 1 aromatic rings. The number of benzene rings is 1. The molecule has 8 heteroatoms. The molecule has 1 aliphatic carbocycles. The molecular formula is C12H11F3N2O2S. The summed E-state index contributed by atoms with van der Waals surface area (Å²) in [6, 6.07) is 7.52. The van der Waals surface area contributed by atoms with Crippen molar-refractivity contribution in [2.24, 2.45) is 0 Å². The molecule has 2 rings (SSSR count). The first-order valence-electron chi connectivity index (χ1n) is 5.75. The summed E-state index contributed by atoms with van der Waals surface area (Å²) in [7, 11) is -4.09. The zero-order chi connectivity index (χ0) is 15.0. The fourth-order valence-corrected chi connectivity index (χ4v) is 3.42. The highest BCUT2D eigenvalue weighted by atomic mass is 32.2. The summed E-state index contributed by atoms with van der Waals surface area (Å²) in [6.45, 7) is 0. The number of nitrogens with one attached hydrogen (secondary N) is 1. The van der Waals surface area contributed by atoms with Gasteiger partial charge in [-0.05, 0) is 30.5 Å². The van der Waals surface area contributed by atoms with Gasteiger partial charge in [-0.2, -0.15) is 23.2 Å². The predicted octanol–water partition coefficient (Wildman–Crippen LogP) is 2.07. The van der Waals surface area contributed by atoms with Crippen molar-refractivity contribution in [1.29, 1.82) is 5.26 Å². The maximum absolute atomic E-state index is 12.7. The maximum atomic E-state index is 12.7. The van der Waals surface area contributed by atoms with Gasteiger partial charge in [0.25, 0.3) is 0 Å². The van der Waals surface area contributed by atoms with E-state index >= 15 is 0 Å². The van der Waals surface area contributed by atoms with Gasteiger partial charge in [0.05, 0.1) is 17.4 Å². The molecule has 1 N–H and O–H groups in total. The van der Waals surface area contributed by atoms with E-state index < -0.39 is 27.5 Å². The standard InChI is InChI=1S/C12H11F3N2O2S/c13-12(14,15)11(5-6-11)17-20(18,19)8-10-3-1-9(7-16)2-4-10/h1-4,17H,5-6,8H2. The van der Waals surface area contributed by atoms with E-state index in [1.807, 2.05) is 6.07 Å². The van der Waals surface area contributed by atoms with Crippen molar-refractivity contribution in [3.63, 3.8) is 0 Å². The van der Waals surface area contributed by atoms with Gasteiger partial charge in [-0.15, -0.1) is 0 Å². The number of nitrogens with zero attached hydrogens (tertiary/aromatic N) is 1. The Balaban J connectivity index is 2.10. The molecule has 108 valence electrons. The third-order valence-corrected chi connectivity index (χ3v) is 4.50. The smallest absolute Gasteiger partial charge is 0.212 e. The number of hydrogen-bond donors (Lipinski definition) is 1. The molecule has 1 saturated carbocycles. The number of rotatable bonds is 4. The second-order valence-electron chi connectivity index (χ2n) is 4.75. The maximum Gasteiger partial charge on any atom is 0.407 e. The van der Waals surface area contributed by atoms with Gasteiger partial charge in [-0.3, -0.25) is 0 Å². The fraction of sp³-hybridized carbons (Fsp3) is 0.417. The van der Waals surface area contributed by atoms with Crippen molar-refractivity contribution in [2.45, 2.75) is 30.3 Å². The van der Waals surface area contributed by atoms with Crippen LogP contribution < -0.4 is 4.72 Å². The Hall–Kier alpha value is -1.59. The predicted molar refractivity (Wildman–Crippen MR) is 64.9 cm³/mol. The van der Waals surface area contributed by atoms with E-state index in [0.717, 1.165) is 0 Å². The highest BCUT2D eigenvalue weighted by Crippen LogP contribution is 2.49. The van der Waals surface area contributed by atoms with E-state index in [0.29, 0.717) is 11.1 Å². The van der Waals surface area contributed by atoms with Crippen LogP contribution in [0.4, 0.5) is 13.2 Å². The molecule has 0 saturated heterocycles. The zero-order valence-electron chi connectivity index (χ0n) is 10.2. The molecule has 0 heterocycles. The fourth-order valence-electron chi connectivity index (χ4n) is 1.80. The summed E-state index contributed by atoms with van der Waals surface area (Å²) in [6.07, 6.45) is -5.04. The first-order chi connectivity index (χ1) is 9.17. The molecule has 1 aromatic carbocycles. The van der Waals surface area contributed by atoms with E-state index in [1.54, 1.807) is 4.72 Å². The lowest BCUT2D eigenvalue weighted by Crippen LogP contribution is -2.48. The second kappa shape index (κ2) is 4.75. The molecule has 1 aliphatic rings. The molecular weight excluding hydrogens is 293 g/mol. The van der Waals surface area contributed by atoms with Gasteiger partial charge in [0.2, 0.25) is 10.0 Å². The van der Waals surface area contributed by atoms with Gasteiger partial charge in [0.15, 0.2) is 0 Å². The largest absolute Gasteiger partial charge is 0.407 e. The molecule has 1 fully saturated rings. The van der Waals surface area contributed by atoms with Crippen molar-refractivity contribution >= 4 is 10.0 Å². The average Bonchev–Trinajstić information content (AvgIpc) is 3.09. The van der Waals surface area contributed by atoms with Crippen LogP contribution in [0.3, 0.4) is 0 Å². The molecule has 0 spiro atoms. The van der Waals surface area contributed by atoms with E-state index in [4.69, 9.17) is 5.26 Å². The number of hydrogen-bond acceptors (Lipinski definition) is 3. The highest BCUT2D eigenvalue weighted by Gasteiger charge is 2.65. The van der Waals surface area contributed by atoms with Gasteiger partial charge >= 0.3 is 6.18 Å². The Bertz CT molecular complexity index is 641. The van der Waals surface area contributed by atoms with Crippen LogP contribution in [-0.4, -0.2) is 20.1 Å². The Kier molecular flexibility index (Phi) is 3.52. The number of sulfonamides is 1. The van der Waals surface area contributed by atoms with Crippen LogP contribution in [0.5, 0.6) is 0 Å². The van der Waals surface area contributed by atoms with Gasteiger partial charge in [-0.1, -0.05) is 12.1 Å². The molecule has 0 bridgehead atoms. The van der Waals surface area contributed by atoms with Crippen LogP contribution in [0.1, 0.15) is 24.0 Å². The van der Waals surface area contributed by atoms with Gasteiger partial charge in [0.1, 0.15) is 5.54 Å². The summed E-state index contributed by atoms with van der Waals surface area (Å²) in [5.74, 6) is -0.545. The number of nitriles is 1. The van der Waals surface area contributed by atoms with E-state index in [1.165, 1.54) is 24.3 Å². The molecule has 4 nitrogen and oxygen atoms in total. The SMILES string of the molecule is N#Cc1ccc(CS(=O)(=O)NC2(C(F)(F)F)CC2)cc1. The van der Waals surface area contributed by atoms with Crippen molar-refractivity contribution < 1.29 is 21.6 Å². The minimum atomic E-state index is -4.58. The summed E-state index contributed by atoms with van der Waals surface area (Å²) >= 11 is 0. The van der Waals surface area contributed by atoms with Crippen LogP contribution in [0.25, 0.3) is 0 Å². The van der Waals surface area contributed by atoms with Crippen molar-refractivity contribution in [2.75, 3.05) is 0 Å². The lowest BCUT2D eigenvalue weighted by molar-refractivity contribution is -0.160. The summed E-state index contributed by atoms with van der Waals surface area (Å²) in [5, 5.41) is 8.61. The normalized spacial score (nSPS) is 17.5. The first-order valence-corrected chi connectivity index (χ1v) is 7.40. The lowest BCUT2D eigenvalue weighted by atomic mass is 10.2. The van der Waals surface area contributed by atoms with Crippen LogP contribution in [0, 0.1) is 11.3 Å². The molecule has 0 aliphatic heterocycles. The van der Waals surface area contributed by atoms with Gasteiger partial charge < -0.3 is 0 Å². The van der Waals surface area contributed by atoms with Gasteiger partial charge in [-0.25, -0.2) is 8.42 Å². The molecule has 0 radical (unpaired) electrons. The van der Waals surface area contributed by atoms with Crippen molar-refractivity contribution in [3.8, 4) is 6.07 Å². The minimum absolute atomic E-state index is 0.233. The molecule has 0 atom stereocenters. The van der Waals surface area contributed by atoms with E-state index in [2.05, 4.69) is 0 Å². The highest BCUT2D eigenvalue weighted by molar-refractivity contribution is 7.88. The average molecular weight is 304 g/mol. The summed E-state index contributed by atoms with van der Waals surface area (Å²) < 4.78 is 63.4. The van der Waals surface area contributed by atoms with Crippen LogP contribution >= 0.6 is 0 Å². The molecule has 0 amide bonds. The summed E-state index contributed by atoms with van der Waals surface area (Å²) in [5.41, 5.74) is -1.61. The minimum Gasteiger partial charge on any atom is -0.212 e. The topological polar surface area (TPSA) is 70.0 Å². The first kappa shape index (κ1) is 14.8. The Morgan fingerprint density at radius 2 is 1.80 bits per heavy atom. The number of alkyl halides is 3. The third-order valence-electron chi connectivity index (χ3n) is 3.08. The van der Waals surface area contributed by atoms with Crippen molar-refractivity contribution in [1.82, 2.24) is 4.72 Å². The Morgan fingerprint density at radius 1 is 1.25 bits per heavy atom. The monoisotopic (exact) mass is 304 g/mol. The number of halogens is 3. The quantitative estimate of drug-likeness (QED) is 0.925. The second-order valence-corrected chi connectivity index (χ2v) is 6.47. The van der Waals surface area contributed by atoms with E-state index in [9.17, 15) is 21.6 Å². The Morgan fingerprint density at radius 3 is 2.20 bits per heavy atom. The van der Waals surface area contributed by atoms with Crippen molar-refractivity contribution in [3.05, 3.63) is 35.4 Å². The molecule has 20 heavy (non-hydrogen) atoms. The Labute approximate surface area is 114 Å². The zero-order valence-corrected chi connectivity index (χ0v) is 11.1. The van der Waals surface area contributed by atoms with Gasteiger partial charge in [0, 0.05) is 0 Å². The van der Waals surface area contributed by atoms with E-state index in [-0.39, 0.29) is 12.8 Å².